The van der Waals surface area contributed by atoms with E-state index in [2.05, 4.69) is 15.6 Å². The summed E-state index contributed by atoms with van der Waals surface area (Å²) >= 11 is 0. The molecule has 3 aliphatic rings. The average molecular weight is 267 g/mol. The number of aliphatic imine (C=N–C) groups is 1. The molecule has 3 atom stereocenters. The first kappa shape index (κ1) is 13.2. The molecule has 3 fully saturated rings. The van der Waals surface area contributed by atoms with Crippen molar-refractivity contribution in [2.75, 3.05) is 26.8 Å². The van der Waals surface area contributed by atoms with Gasteiger partial charge in [0, 0.05) is 26.8 Å². The van der Waals surface area contributed by atoms with Crippen molar-refractivity contribution in [2.45, 2.75) is 50.4 Å². The van der Waals surface area contributed by atoms with Gasteiger partial charge in [0.15, 0.2) is 5.96 Å². The summed E-state index contributed by atoms with van der Waals surface area (Å²) in [5.74, 6) is 1.64. The molecule has 0 aromatic carbocycles. The lowest BCUT2D eigenvalue weighted by Gasteiger charge is -2.26. The molecule has 2 N–H and O–H groups in total. The Morgan fingerprint density at radius 2 is 2.05 bits per heavy atom. The van der Waals surface area contributed by atoms with Crippen LogP contribution in [0, 0.1) is 5.92 Å². The second kappa shape index (κ2) is 6.09. The van der Waals surface area contributed by atoms with Crippen LogP contribution in [0.1, 0.15) is 32.1 Å². The predicted molar refractivity (Wildman–Crippen MR) is 74.3 cm³/mol. The molecular formula is C14H25N3O2. The summed E-state index contributed by atoms with van der Waals surface area (Å²) < 4.78 is 11.2. The Kier molecular flexibility index (Phi) is 4.23. The molecule has 0 saturated carbocycles. The van der Waals surface area contributed by atoms with Gasteiger partial charge >= 0.3 is 0 Å². The van der Waals surface area contributed by atoms with Crippen LogP contribution in [0.5, 0.6) is 0 Å². The first-order valence-corrected chi connectivity index (χ1v) is 7.55. The van der Waals surface area contributed by atoms with Gasteiger partial charge < -0.3 is 20.1 Å². The topological polar surface area (TPSA) is 54.9 Å². The van der Waals surface area contributed by atoms with E-state index in [1.807, 2.05) is 7.05 Å². The maximum Gasteiger partial charge on any atom is 0.191 e. The molecule has 5 heteroatoms. The number of nitrogens with one attached hydrogen (secondary N) is 2. The molecular weight excluding hydrogens is 242 g/mol. The Hall–Kier alpha value is -0.810. The van der Waals surface area contributed by atoms with Crippen LogP contribution >= 0.6 is 0 Å². The molecule has 0 aromatic rings. The zero-order valence-electron chi connectivity index (χ0n) is 11.7. The summed E-state index contributed by atoms with van der Waals surface area (Å²) in [6, 6.07) is 0.444. The first-order valence-electron chi connectivity index (χ1n) is 7.55. The minimum absolute atomic E-state index is 0.395. The third-order valence-corrected chi connectivity index (χ3v) is 4.55. The normalized spacial score (nSPS) is 35.6. The Labute approximate surface area is 115 Å². The third-order valence-electron chi connectivity index (χ3n) is 4.55. The van der Waals surface area contributed by atoms with Gasteiger partial charge in [-0.3, -0.25) is 4.99 Å². The van der Waals surface area contributed by atoms with Crippen molar-refractivity contribution in [3.63, 3.8) is 0 Å². The molecule has 3 unspecified atom stereocenters. The van der Waals surface area contributed by atoms with Crippen molar-refractivity contribution in [1.29, 1.82) is 0 Å². The Morgan fingerprint density at radius 1 is 1.21 bits per heavy atom. The fourth-order valence-electron chi connectivity index (χ4n) is 3.35. The van der Waals surface area contributed by atoms with Crippen LogP contribution in [0.25, 0.3) is 0 Å². The second-order valence-corrected chi connectivity index (χ2v) is 5.87. The van der Waals surface area contributed by atoms with Crippen molar-refractivity contribution in [1.82, 2.24) is 10.6 Å². The van der Waals surface area contributed by atoms with E-state index in [0.717, 1.165) is 45.0 Å². The molecule has 0 amide bonds. The van der Waals surface area contributed by atoms with E-state index in [-0.39, 0.29) is 0 Å². The molecule has 108 valence electrons. The van der Waals surface area contributed by atoms with Crippen molar-refractivity contribution < 1.29 is 9.47 Å². The largest absolute Gasteiger partial charge is 0.381 e. The lowest BCUT2D eigenvalue weighted by atomic mass is 9.95. The number of rotatable bonds is 3. The van der Waals surface area contributed by atoms with Gasteiger partial charge in [0.1, 0.15) is 0 Å². The highest BCUT2D eigenvalue weighted by Crippen LogP contribution is 2.34. The van der Waals surface area contributed by atoms with E-state index in [9.17, 15) is 0 Å². The van der Waals surface area contributed by atoms with Gasteiger partial charge in [0.05, 0.1) is 18.2 Å². The second-order valence-electron chi connectivity index (χ2n) is 5.87. The number of ether oxygens (including phenoxy) is 2. The minimum atomic E-state index is 0.395. The number of hydrogen-bond acceptors (Lipinski definition) is 3. The molecule has 0 aromatic heterocycles. The SMILES string of the molecule is CN=C(NCC1CCOCC1)NC1CC2CCC1O2. The molecule has 0 aliphatic carbocycles. The van der Waals surface area contributed by atoms with Crippen LogP contribution in [0.4, 0.5) is 0 Å². The summed E-state index contributed by atoms with van der Waals surface area (Å²) in [6.07, 6.45) is 6.74. The first-order chi connectivity index (χ1) is 9.35. The van der Waals surface area contributed by atoms with E-state index < -0.39 is 0 Å². The molecule has 0 spiro atoms. The van der Waals surface area contributed by atoms with Gasteiger partial charge in [-0.25, -0.2) is 0 Å². The van der Waals surface area contributed by atoms with Crippen LogP contribution in [0.15, 0.2) is 4.99 Å². The number of fused-ring (bicyclic) bond motifs is 2. The van der Waals surface area contributed by atoms with Crippen LogP contribution in [-0.4, -0.2) is 51.0 Å². The maximum atomic E-state index is 5.86. The van der Waals surface area contributed by atoms with Gasteiger partial charge in [0.25, 0.3) is 0 Å². The Balaban J connectivity index is 1.43. The molecule has 2 bridgehead atoms. The molecule has 3 saturated heterocycles. The van der Waals surface area contributed by atoms with Crippen LogP contribution < -0.4 is 10.6 Å². The van der Waals surface area contributed by atoms with Crippen LogP contribution in [0.2, 0.25) is 0 Å². The summed E-state index contributed by atoms with van der Waals surface area (Å²) in [6.45, 7) is 2.79. The number of hydrogen-bond donors (Lipinski definition) is 2. The van der Waals surface area contributed by atoms with E-state index in [1.165, 1.54) is 12.8 Å². The monoisotopic (exact) mass is 267 g/mol. The van der Waals surface area contributed by atoms with Crippen molar-refractivity contribution in [3.8, 4) is 0 Å². The van der Waals surface area contributed by atoms with Crippen LogP contribution in [0.3, 0.4) is 0 Å². The van der Waals surface area contributed by atoms with Gasteiger partial charge in [0.2, 0.25) is 0 Å². The highest BCUT2D eigenvalue weighted by Gasteiger charge is 2.41. The third kappa shape index (κ3) is 3.20. The lowest BCUT2D eigenvalue weighted by Crippen LogP contribution is -2.48. The molecule has 19 heavy (non-hydrogen) atoms. The van der Waals surface area contributed by atoms with E-state index in [4.69, 9.17) is 9.47 Å². The summed E-state index contributed by atoms with van der Waals surface area (Å²) in [4.78, 5) is 4.33. The van der Waals surface area contributed by atoms with Gasteiger partial charge in [-0.1, -0.05) is 0 Å². The van der Waals surface area contributed by atoms with E-state index >= 15 is 0 Å². The average Bonchev–Trinajstić information content (AvgIpc) is 3.07. The molecule has 3 rings (SSSR count). The van der Waals surface area contributed by atoms with Crippen molar-refractivity contribution in [3.05, 3.63) is 0 Å². The standard InChI is InChI=1S/C14H25N3O2/c1-15-14(16-9-10-4-6-18-7-5-10)17-12-8-11-2-3-13(12)19-11/h10-13H,2-9H2,1H3,(H2,15,16,17). The fourth-order valence-corrected chi connectivity index (χ4v) is 3.35. The quantitative estimate of drug-likeness (QED) is 0.589. The fraction of sp³-hybridized carbons (Fsp3) is 0.929. The Bertz CT molecular complexity index is 329. The van der Waals surface area contributed by atoms with Gasteiger partial charge in [-0.05, 0) is 38.0 Å². The highest BCUT2D eigenvalue weighted by atomic mass is 16.5. The van der Waals surface area contributed by atoms with Crippen molar-refractivity contribution >= 4 is 5.96 Å². The van der Waals surface area contributed by atoms with Crippen molar-refractivity contribution in [2.24, 2.45) is 10.9 Å². The molecule has 3 heterocycles. The molecule has 3 aliphatic heterocycles. The molecule has 5 nitrogen and oxygen atoms in total. The number of guanidine groups is 1. The van der Waals surface area contributed by atoms with E-state index in [1.54, 1.807) is 0 Å². The van der Waals surface area contributed by atoms with E-state index in [0.29, 0.717) is 24.2 Å². The van der Waals surface area contributed by atoms with Gasteiger partial charge in [-0.15, -0.1) is 0 Å². The zero-order chi connectivity index (χ0) is 13.1. The Morgan fingerprint density at radius 3 is 2.68 bits per heavy atom. The highest BCUT2D eigenvalue weighted by molar-refractivity contribution is 5.80. The molecule has 0 radical (unpaired) electrons. The summed E-state index contributed by atoms with van der Waals surface area (Å²) in [7, 11) is 1.84. The zero-order valence-corrected chi connectivity index (χ0v) is 11.7. The van der Waals surface area contributed by atoms with Crippen LogP contribution in [-0.2, 0) is 9.47 Å². The minimum Gasteiger partial charge on any atom is -0.381 e. The van der Waals surface area contributed by atoms with Gasteiger partial charge in [-0.2, -0.15) is 0 Å². The number of nitrogens with zero attached hydrogens (tertiary/aromatic N) is 1. The summed E-state index contributed by atoms with van der Waals surface area (Å²) in [5.41, 5.74) is 0. The lowest BCUT2D eigenvalue weighted by molar-refractivity contribution is 0.0675. The summed E-state index contributed by atoms with van der Waals surface area (Å²) in [5, 5.41) is 6.97. The maximum absolute atomic E-state index is 5.86. The predicted octanol–water partition coefficient (Wildman–Crippen LogP) is 0.898. The smallest absolute Gasteiger partial charge is 0.191 e.